The summed E-state index contributed by atoms with van der Waals surface area (Å²) in [6.07, 6.45) is 8.94. The van der Waals surface area contributed by atoms with E-state index in [1.807, 2.05) is 36.4 Å². The van der Waals surface area contributed by atoms with Gasteiger partial charge in [-0.2, -0.15) is 10.5 Å². The van der Waals surface area contributed by atoms with Crippen LogP contribution in [0.2, 0.25) is 0 Å². The van der Waals surface area contributed by atoms with Gasteiger partial charge in [0.1, 0.15) is 0 Å². The molecule has 0 fully saturated rings. The van der Waals surface area contributed by atoms with E-state index in [2.05, 4.69) is 22.8 Å². The molecule has 6 aliphatic rings. The van der Waals surface area contributed by atoms with Crippen LogP contribution in [0.15, 0.2) is 93.6 Å². The number of hydrogen-bond donors (Lipinski definition) is 2. The maximum absolute atomic E-state index is 12.7. The molecule has 8 rings (SSSR count). The lowest BCUT2D eigenvalue weighted by atomic mass is 9.71. The molecule has 240 valence electrons. The second kappa shape index (κ2) is 13.0. The van der Waals surface area contributed by atoms with Gasteiger partial charge in [-0.1, -0.05) is 24.3 Å². The minimum Gasteiger partial charge on any atom is -0.362 e. The second-order valence-corrected chi connectivity index (χ2v) is 13.3. The summed E-state index contributed by atoms with van der Waals surface area (Å²) in [5, 5.41) is 25.2. The summed E-state index contributed by atoms with van der Waals surface area (Å²) < 4.78 is 0. The molecule has 0 radical (unpaired) electrons. The fourth-order valence-electron chi connectivity index (χ4n) is 8.21. The maximum atomic E-state index is 12.7. The van der Waals surface area contributed by atoms with E-state index in [1.54, 1.807) is 12.1 Å². The third-order valence-electron chi connectivity index (χ3n) is 10.3. The van der Waals surface area contributed by atoms with Gasteiger partial charge >= 0.3 is 0 Å². The van der Waals surface area contributed by atoms with Gasteiger partial charge < -0.3 is 10.6 Å². The Bertz CT molecular complexity index is 1770. The van der Waals surface area contributed by atoms with Crippen molar-refractivity contribution in [3.05, 3.63) is 116 Å². The quantitative estimate of drug-likeness (QED) is 0.380. The third kappa shape index (κ3) is 5.62. The molecule has 0 aromatic heterocycles. The molecule has 0 saturated carbocycles. The zero-order chi connectivity index (χ0) is 33.4. The Kier molecular flexibility index (Phi) is 8.50. The van der Waals surface area contributed by atoms with Crippen molar-refractivity contribution in [3.8, 4) is 12.1 Å². The molecule has 0 atom stereocenters. The van der Waals surface area contributed by atoms with Crippen LogP contribution in [0.1, 0.15) is 111 Å². The standard InChI is InChI=1S/2C20H18N2O2/c2*21-11-12-4-1-5-13(10-12)18-19-14(6-2-8-16(19)23)22-15-7-3-9-17(24)20(15)18/h2*1,4-5,10,18,22H,2-3,6-9H2. The number of benzene rings is 2. The van der Waals surface area contributed by atoms with Crippen LogP contribution in [-0.2, 0) is 19.2 Å². The number of rotatable bonds is 2. The van der Waals surface area contributed by atoms with Gasteiger partial charge in [0.2, 0.25) is 0 Å². The molecular formula is C40H36N4O4. The average Bonchev–Trinajstić information content (AvgIpc) is 3.11. The van der Waals surface area contributed by atoms with Crippen molar-refractivity contribution in [1.29, 1.82) is 10.5 Å². The van der Waals surface area contributed by atoms with Crippen LogP contribution >= 0.6 is 0 Å². The Labute approximate surface area is 279 Å². The van der Waals surface area contributed by atoms with Crippen LogP contribution in [0.5, 0.6) is 0 Å². The predicted molar refractivity (Wildman–Crippen MR) is 178 cm³/mol. The molecular weight excluding hydrogens is 600 g/mol. The van der Waals surface area contributed by atoms with E-state index >= 15 is 0 Å². The fourth-order valence-corrected chi connectivity index (χ4v) is 8.21. The van der Waals surface area contributed by atoms with E-state index in [9.17, 15) is 29.7 Å². The van der Waals surface area contributed by atoms with Crippen molar-refractivity contribution in [1.82, 2.24) is 10.6 Å². The highest BCUT2D eigenvalue weighted by molar-refractivity contribution is 6.07. The number of hydrogen-bond acceptors (Lipinski definition) is 8. The number of nitriles is 2. The van der Waals surface area contributed by atoms with E-state index in [1.165, 1.54) is 0 Å². The highest BCUT2D eigenvalue weighted by Crippen LogP contribution is 2.46. The van der Waals surface area contributed by atoms with Crippen LogP contribution < -0.4 is 10.6 Å². The first-order valence-corrected chi connectivity index (χ1v) is 17.0. The molecule has 2 aliphatic heterocycles. The largest absolute Gasteiger partial charge is 0.362 e. The average molecular weight is 637 g/mol. The summed E-state index contributed by atoms with van der Waals surface area (Å²) >= 11 is 0. The van der Waals surface area contributed by atoms with Crippen molar-refractivity contribution >= 4 is 23.1 Å². The van der Waals surface area contributed by atoms with Gasteiger partial charge in [0.05, 0.1) is 23.3 Å². The summed E-state index contributed by atoms with van der Waals surface area (Å²) in [6, 6.07) is 19.0. The first-order chi connectivity index (χ1) is 23.4. The van der Waals surface area contributed by atoms with Crippen LogP contribution in [0.3, 0.4) is 0 Å². The van der Waals surface area contributed by atoms with Crippen molar-refractivity contribution in [2.75, 3.05) is 0 Å². The number of ketones is 4. The monoisotopic (exact) mass is 636 g/mol. The van der Waals surface area contributed by atoms with E-state index in [4.69, 9.17) is 0 Å². The number of nitrogens with one attached hydrogen (secondary N) is 2. The van der Waals surface area contributed by atoms with Crippen molar-refractivity contribution in [2.45, 2.75) is 88.9 Å². The van der Waals surface area contributed by atoms with E-state index in [0.29, 0.717) is 36.8 Å². The van der Waals surface area contributed by atoms with Crippen LogP contribution in [0, 0.1) is 22.7 Å². The summed E-state index contributed by atoms with van der Waals surface area (Å²) in [5.41, 5.74) is 9.75. The molecule has 0 unspecified atom stereocenters. The number of dihydropyridines is 2. The summed E-state index contributed by atoms with van der Waals surface area (Å²) in [5.74, 6) is -0.126. The predicted octanol–water partition coefficient (Wildman–Crippen LogP) is 6.52. The van der Waals surface area contributed by atoms with E-state index in [0.717, 1.165) is 108 Å². The molecule has 0 bridgehead atoms. The molecule has 4 aliphatic carbocycles. The van der Waals surface area contributed by atoms with E-state index in [-0.39, 0.29) is 35.0 Å². The van der Waals surface area contributed by atoms with Crippen molar-refractivity contribution in [2.24, 2.45) is 0 Å². The number of allylic oxidation sites excluding steroid dienone is 8. The summed E-state index contributed by atoms with van der Waals surface area (Å²) in [6.45, 7) is 0. The number of carbonyl (C=O) groups is 4. The van der Waals surface area contributed by atoms with Crippen LogP contribution in [0.25, 0.3) is 0 Å². The Hall–Kier alpha value is -5.34. The van der Waals surface area contributed by atoms with E-state index < -0.39 is 0 Å². The smallest absolute Gasteiger partial charge is 0.161 e. The molecule has 0 spiro atoms. The maximum Gasteiger partial charge on any atom is 0.161 e. The minimum absolute atomic E-state index is 0.126. The van der Waals surface area contributed by atoms with Crippen molar-refractivity contribution in [3.63, 3.8) is 0 Å². The lowest BCUT2D eigenvalue weighted by molar-refractivity contribution is -0.118. The zero-order valence-corrected chi connectivity index (χ0v) is 26.8. The molecule has 2 N–H and O–H groups in total. The first-order valence-electron chi connectivity index (χ1n) is 17.0. The van der Waals surface area contributed by atoms with Crippen LogP contribution in [0.4, 0.5) is 0 Å². The zero-order valence-electron chi connectivity index (χ0n) is 26.8. The SMILES string of the molecule is N#Cc1cccc(C2C3=C(CCCC3=O)NC3=C2C(=O)CCC3)c1.N#Cc1cccc(C2C3=C(CCCC3=O)NC3=C2C(=O)CCC3)c1. The third-order valence-corrected chi connectivity index (χ3v) is 10.3. The topological polar surface area (TPSA) is 140 Å². The van der Waals surface area contributed by atoms with Gasteiger partial charge in [-0.15, -0.1) is 0 Å². The summed E-state index contributed by atoms with van der Waals surface area (Å²) in [4.78, 5) is 50.6. The minimum atomic E-state index is -0.315. The first kappa shape index (κ1) is 31.3. The number of nitrogens with zero attached hydrogens (tertiary/aromatic N) is 2. The molecule has 0 amide bonds. The number of Topliss-reactive ketones (excluding diaryl/α,β-unsaturated/α-hetero) is 4. The van der Waals surface area contributed by atoms with Gasteiger partial charge in [0, 0.05) is 82.6 Å². The Morgan fingerprint density at radius 3 is 1.08 bits per heavy atom. The molecule has 2 heterocycles. The molecule has 48 heavy (non-hydrogen) atoms. The highest BCUT2D eigenvalue weighted by Gasteiger charge is 2.41. The van der Waals surface area contributed by atoms with Gasteiger partial charge in [0.25, 0.3) is 0 Å². The van der Waals surface area contributed by atoms with Gasteiger partial charge in [-0.05, 0) is 86.8 Å². The van der Waals surface area contributed by atoms with Crippen LogP contribution in [-0.4, -0.2) is 23.1 Å². The molecule has 8 heteroatoms. The molecule has 2 aromatic carbocycles. The molecule has 0 saturated heterocycles. The lowest BCUT2D eigenvalue weighted by Crippen LogP contribution is -2.36. The lowest BCUT2D eigenvalue weighted by Gasteiger charge is -2.37. The molecule has 8 nitrogen and oxygen atoms in total. The Balaban J connectivity index is 0.000000152. The van der Waals surface area contributed by atoms with Gasteiger partial charge in [0.15, 0.2) is 23.1 Å². The molecule has 2 aromatic rings. The normalized spacial score (nSPS) is 21.1. The Morgan fingerprint density at radius 2 is 0.792 bits per heavy atom. The summed E-state index contributed by atoms with van der Waals surface area (Å²) in [7, 11) is 0. The second-order valence-electron chi connectivity index (χ2n) is 13.3. The van der Waals surface area contributed by atoms with Gasteiger partial charge in [-0.3, -0.25) is 19.2 Å². The Morgan fingerprint density at radius 1 is 0.479 bits per heavy atom. The number of carbonyl (C=O) groups excluding carboxylic acids is 4. The van der Waals surface area contributed by atoms with Crippen molar-refractivity contribution < 1.29 is 19.2 Å². The van der Waals surface area contributed by atoms with Gasteiger partial charge in [-0.25, -0.2) is 0 Å². The fraction of sp³-hybridized carbons (Fsp3) is 0.350. The highest BCUT2D eigenvalue weighted by atomic mass is 16.1.